The summed E-state index contributed by atoms with van der Waals surface area (Å²) in [6.45, 7) is 0.958. The zero-order valence-corrected chi connectivity index (χ0v) is 16.9. The topological polar surface area (TPSA) is 81.8 Å². The highest BCUT2D eigenvalue weighted by molar-refractivity contribution is 7.88. The molecule has 3 rings (SSSR count). The molecule has 1 aliphatic rings. The first-order chi connectivity index (χ1) is 13.3. The number of nitrogens with one attached hydrogen (secondary N) is 2. The molecule has 7 nitrogen and oxygen atoms in total. The molecule has 1 saturated heterocycles. The van der Waals surface area contributed by atoms with E-state index in [2.05, 4.69) is 10.0 Å². The molecule has 0 bridgehead atoms. The third kappa shape index (κ3) is 5.24. The monoisotopic (exact) mass is 402 g/mol. The third-order valence-electron chi connectivity index (χ3n) is 4.74. The van der Waals surface area contributed by atoms with Gasteiger partial charge in [-0.3, -0.25) is 0 Å². The fourth-order valence-corrected chi connectivity index (χ4v) is 4.22. The van der Waals surface area contributed by atoms with Crippen LogP contribution >= 0.6 is 0 Å². The van der Waals surface area contributed by atoms with Crippen molar-refractivity contribution in [3.05, 3.63) is 54.6 Å². The molecule has 28 heavy (non-hydrogen) atoms. The summed E-state index contributed by atoms with van der Waals surface area (Å²) in [5.41, 5.74) is 2.60. The van der Waals surface area contributed by atoms with E-state index in [0.29, 0.717) is 18.8 Å². The second kappa shape index (κ2) is 8.62. The molecule has 1 heterocycles. The number of amides is 2. The molecule has 0 radical (unpaired) electrons. The van der Waals surface area contributed by atoms with Gasteiger partial charge >= 0.3 is 6.03 Å². The van der Waals surface area contributed by atoms with Crippen molar-refractivity contribution in [1.82, 2.24) is 9.62 Å². The number of carbonyl (C=O) groups is 1. The number of rotatable bonds is 5. The number of nitrogens with zero attached hydrogens (tertiary/aromatic N) is 2. The quantitative estimate of drug-likeness (QED) is 0.806. The lowest BCUT2D eigenvalue weighted by atomic mass is 10.1. The van der Waals surface area contributed by atoms with Crippen LogP contribution in [0.1, 0.15) is 12.8 Å². The highest BCUT2D eigenvalue weighted by atomic mass is 32.2. The Morgan fingerprint density at radius 2 is 1.79 bits per heavy atom. The first kappa shape index (κ1) is 20.2. The van der Waals surface area contributed by atoms with Crippen LogP contribution in [0.15, 0.2) is 54.6 Å². The van der Waals surface area contributed by atoms with Gasteiger partial charge < -0.3 is 15.1 Å². The zero-order valence-electron chi connectivity index (χ0n) is 16.1. The molecule has 0 aliphatic carbocycles. The molecule has 1 aliphatic heterocycles. The Morgan fingerprint density at radius 1 is 1.11 bits per heavy atom. The predicted molar refractivity (Wildman–Crippen MR) is 113 cm³/mol. The van der Waals surface area contributed by atoms with Crippen molar-refractivity contribution >= 4 is 33.1 Å². The van der Waals surface area contributed by atoms with E-state index >= 15 is 0 Å². The number of hydrogen-bond acceptors (Lipinski definition) is 4. The van der Waals surface area contributed by atoms with Gasteiger partial charge in [-0.2, -0.15) is 0 Å². The summed E-state index contributed by atoms with van der Waals surface area (Å²) in [5.74, 6) is 0. The normalized spacial score (nSPS) is 17.2. The van der Waals surface area contributed by atoms with Crippen molar-refractivity contribution in [1.29, 1.82) is 0 Å². The molecule has 1 atom stereocenters. The van der Waals surface area contributed by atoms with Gasteiger partial charge in [0.05, 0.1) is 17.6 Å². The second-order valence-electron chi connectivity index (χ2n) is 7.02. The number of likely N-dealkylation sites (tertiary alicyclic amines) is 1. The summed E-state index contributed by atoms with van der Waals surface area (Å²) < 4.78 is 25.6. The average Bonchev–Trinajstić information content (AvgIpc) is 2.67. The van der Waals surface area contributed by atoms with E-state index in [1.165, 1.54) is 0 Å². The predicted octanol–water partition coefficient (Wildman–Crippen LogP) is 3.00. The Balaban J connectivity index is 1.72. The Morgan fingerprint density at radius 3 is 2.50 bits per heavy atom. The van der Waals surface area contributed by atoms with Crippen LogP contribution in [0.25, 0.3) is 0 Å². The van der Waals surface area contributed by atoms with Gasteiger partial charge in [0.25, 0.3) is 0 Å². The minimum absolute atomic E-state index is 0.228. The molecule has 8 heteroatoms. The largest absolute Gasteiger partial charge is 0.343 e. The summed E-state index contributed by atoms with van der Waals surface area (Å²) in [6, 6.07) is 17.0. The smallest absolute Gasteiger partial charge is 0.321 e. The molecule has 1 fully saturated rings. The second-order valence-corrected chi connectivity index (χ2v) is 8.80. The molecule has 2 aromatic rings. The van der Waals surface area contributed by atoms with E-state index in [-0.39, 0.29) is 12.1 Å². The van der Waals surface area contributed by atoms with Gasteiger partial charge in [-0.25, -0.2) is 17.9 Å². The van der Waals surface area contributed by atoms with Gasteiger partial charge in [0, 0.05) is 31.9 Å². The van der Waals surface area contributed by atoms with Gasteiger partial charge in [0.15, 0.2) is 0 Å². The summed E-state index contributed by atoms with van der Waals surface area (Å²) in [7, 11) is -1.34. The van der Waals surface area contributed by atoms with Crippen molar-refractivity contribution in [2.24, 2.45) is 0 Å². The molecular formula is C20H26N4O3S. The Hall–Kier alpha value is -2.58. The number of hydrogen-bond donors (Lipinski definition) is 2. The van der Waals surface area contributed by atoms with Gasteiger partial charge in [0.1, 0.15) is 0 Å². The molecule has 2 N–H and O–H groups in total. The number of anilines is 3. The van der Waals surface area contributed by atoms with Crippen LogP contribution in [0.5, 0.6) is 0 Å². The lowest BCUT2D eigenvalue weighted by Gasteiger charge is -2.33. The van der Waals surface area contributed by atoms with E-state index < -0.39 is 10.0 Å². The molecule has 2 amide bonds. The summed E-state index contributed by atoms with van der Waals surface area (Å²) >= 11 is 0. The van der Waals surface area contributed by atoms with Crippen molar-refractivity contribution in [3.8, 4) is 0 Å². The van der Waals surface area contributed by atoms with Crippen LogP contribution in [0, 0.1) is 0 Å². The Labute approximate surface area is 166 Å². The summed E-state index contributed by atoms with van der Waals surface area (Å²) in [5, 5.41) is 2.98. The first-order valence-electron chi connectivity index (χ1n) is 9.24. The summed E-state index contributed by atoms with van der Waals surface area (Å²) in [6.07, 6.45) is 2.62. The minimum atomic E-state index is -3.30. The van der Waals surface area contributed by atoms with Crippen LogP contribution in [0.4, 0.5) is 21.9 Å². The highest BCUT2D eigenvalue weighted by Crippen LogP contribution is 2.30. The Kier molecular flexibility index (Phi) is 6.21. The molecule has 150 valence electrons. The van der Waals surface area contributed by atoms with Crippen molar-refractivity contribution < 1.29 is 13.2 Å². The average molecular weight is 403 g/mol. The van der Waals surface area contributed by atoms with Crippen molar-refractivity contribution in [2.75, 3.05) is 36.6 Å². The molecular weight excluding hydrogens is 376 g/mol. The number of carbonyl (C=O) groups excluding carboxylic acids is 1. The maximum absolute atomic E-state index is 12.8. The van der Waals surface area contributed by atoms with E-state index in [1.807, 2.05) is 66.5 Å². The third-order valence-corrected chi connectivity index (χ3v) is 5.50. The van der Waals surface area contributed by atoms with Gasteiger partial charge in [-0.15, -0.1) is 0 Å². The van der Waals surface area contributed by atoms with Gasteiger partial charge in [-0.05, 0) is 37.1 Å². The zero-order chi connectivity index (χ0) is 20.1. The van der Waals surface area contributed by atoms with Crippen molar-refractivity contribution in [3.63, 3.8) is 0 Å². The van der Waals surface area contributed by atoms with Crippen molar-refractivity contribution in [2.45, 2.75) is 18.9 Å². The maximum atomic E-state index is 12.8. The fraction of sp³-hybridized carbons (Fsp3) is 0.350. The maximum Gasteiger partial charge on any atom is 0.321 e. The molecule has 0 aromatic heterocycles. The lowest BCUT2D eigenvalue weighted by molar-refractivity contribution is 0.190. The molecule has 0 spiro atoms. The number of piperidine rings is 1. The number of sulfonamides is 1. The van der Waals surface area contributed by atoms with Crippen LogP contribution in [0.3, 0.4) is 0 Å². The van der Waals surface area contributed by atoms with Crippen LogP contribution in [0.2, 0.25) is 0 Å². The van der Waals surface area contributed by atoms with E-state index in [4.69, 9.17) is 0 Å². The van der Waals surface area contributed by atoms with Gasteiger partial charge in [0.2, 0.25) is 10.0 Å². The van der Waals surface area contributed by atoms with Crippen LogP contribution < -0.4 is 14.9 Å². The molecule has 2 aromatic carbocycles. The number of urea groups is 1. The number of para-hydroxylation sites is 3. The van der Waals surface area contributed by atoms with Gasteiger partial charge in [-0.1, -0.05) is 30.3 Å². The van der Waals surface area contributed by atoms with E-state index in [9.17, 15) is 13.2 Å². The SMILES string of the molecule is CN(c1ccccc1)c1ccccc1NC(=O)N1CCC[C@@H](NS(C)(=O)=O)C1. The first-order valence-corrected chi connectivity index (χ1v) is 11.1. The number of benzene rings is 2. The van der Waals surface area contributed by atoms with Crippen LogP contribution in [-0.4, -0.2) is 51.8 Å². The van der Waals surface area contributed by atoms with E-state index in [0.717, 1.165) is 30.5 Å². The summed E-state index contributed by atoms with van der Waals surface area (Å²) in [4.78, 5) is 16.5. The lowest BCUT2D eigenvalue weighted by Crippen LogP contribution is -2.50. The minimum Gasteiger partial charge on any atom is -0.343 e. The highest BCUT2D eigenvalue weighted by Gasteiger charge is 2.26. The molecule has 0 saturated carbocycles. The van der Waals surface area contributed by atoms with E-state index in [1.54, 1.807) is 4.90 Å². The Bertz CT molecular complexity index is 918. The van der Waals surface area contributed by atoms with Crippen LogP contribution in [-0.2, 0) is 10.0 Å². The fourth-order valence-electron chi connectivity index (χ4n) is 3.42. The molecule has 0 unspecified atom stereocenters. The standard InChI is InChI=1S/C20H26N4O3S/c1-23(17-10-4-3-5-11-17)19-13-7-6-12-18(19)21-20(25)24-14-8-9-16(15-24)22-28(2,26)27/h3-7,10-13,16,22H,8-9,14-15H2,1-2H3,(H,21,25)/t16-/m1/s1.